The predicted octanol–water partition coefficient (Wildman–Crippen LogP) is 1.18. The molecule has 5 rings (SSSR count). The van der Waals surface area contributed by atoms with Crippen molar-refractivity contribution in [3.63, 3.8) is 0 Å². The van der Waals surface area contributed by atoms with Crippen LogP contribution in [0, 0.1) is 35.5 Å². The topological polar surface area (TPSA) is 17.1 Å². The first-order valence-corrected chi connectivity index (χ1v) is 6.01. The minimum absolute atomic E-state index is 0.546. The average molecular weight is 178 g/mol. The summed E-state index contributed by atoms with van der Waals surface area (Å²) in [6.07, 6.45) is 1.43. The van der Waals surface area contributed by atoms with E-state index in [-0.39, 0.29) is 0 Å². The smallest absolute Gasteiger partial charge is 0.141 e. The average Bonchev–Trinajstić information content (AvgIpc) is 2.47. The summed E-state index contributed by atoms with van der Waals surface area (Å²) >= 11 is 2.19. The van der Waals surface area contributed by atoms with Crippen LogP contribution in [0.1, 0.15) is 6.42 Å². The molecule has 4 saturated carbocycles. The normalized spacial score (nSPS) is 79.2. The minimum atomic E-state index is 0.546. The summed E-state index contributed by atoms with van der Waals surface area (Å²) in [5.74, 6) is 5.55. The van der Waals surface area contributed by atoms with E-state index in [0.29, 0.717) is 17.6 Å². The molecule has 0 radical (unpaired) electrons. The van der Waals surface area contributed by atoms with E-state index in [2.05, 4.69) is 11.8 Å². The number of fused-ring (bicyclic) bond motifs is 2. The molecule has 5 fully saturated rings. The Hall–Kier alpha value is 0.0200. The summed E-state index contributed by atoms with van der Waals surface area (Å²) in [6.45, 7) is 0. The van der Waals surface area contributed by atoms with E-state index in [1.165, 1.54) is 6.42 Å². The van der Waals surface area contributed by atoms with Crippen molar-refractivity contribution in [2.75, 3.05) is 0 Å². The van der Waals surface area contributed by atoms with E-state index in [4.69, 9.17) is 0 Å². The Bertz CT molecular complexity index is 320. The number of hydrogen-bond donors (Lipinski definition) is 0. The van der Waals surface area contributed by atoms with Gasteiger partial charge >= 0.3 is 0 Å². The molecule has 2 bridgehead atoms. The lowest BCUT2D eigenvalue weighted by Crippen LogP contribution is -2.46. The van der Waals surface area contributed by atoms with E-state index >= 15 is 0 Å². The monoisotopic (exact) mass is 178 g/mol. The quantitative estimate of drug-likeness (QED) is 0.554. The van der Waals surface area contributed by atoms with Gasteiger partial charge in [0.2, 0.25) is 0 Å². The van der Waals surface area contributed by atoms with Gasteiger partial charge in [-0.3, -0.25) is 4.79 Å². The van der Waals surface area contributed by atoms with Crippen LogP contribution in [0.2, 0.25) is 0 Å². The second-order valence-corrected chi connectivity index (χ2v) is 6.60. The fraction of sp³-hybridized carbons (Fsp3) is 0.900. The van der Waals surface area contributed by atoms with Crippen LogP contribution >= 0.6 is 11.8 Å². The lowest BCUT2D eigenvalue weighted by Gasteiger charge is -2.42. The zero-order chi connectivity index (χ0) is 7.61. The predicted molar refractivity (Wildman–Crippen MR) is 45.7 cm³/mol. The van der Waals surface area contributed by atoms with Crippen molar-refractivity contribution in [3.05, 3.63) is 0 Å². The number of rotatable bonds is 0. The van der Waals surface area contributed by atoms with Gasteiger partial charge in [-0.1, -0.05) is 0 Å². The van der Waals surface area contributed by atoms with Crippen LogP contribution in [0.5, 0.6) is 0 Å². The third-order valence-corrected chi connectivity index (χ3v) is 7.21. The molecule has 1 nitrogen and oxygen atoms in total. The van der Waals surface area contributed by atoms with Gasteiger partial charge in [-0.2, -0.15) is 11.8 Å². The van der Waals surface area contributed by atoms with Gasteiger partial charge in [0.05, 0.1) is 0 Å². The molecular weight excluding hydrogens is 168 g/mol. The summed E-state index contributed by atoms with van der Waals surface area (Å²) in [5, 5.41) is 1.61. The van der Waals surface area contributed by atoms with Crippen LogP contribution in [0.3, 0.4) is 0 Å². The second-order valence-electron chi connectivity index (χ2n) is 5.24. The van der Waals surface area contributed by atoms with E-state index in [9.17, 15) is 4.79 Å². The molecule has 1 aliphatic heterocycles. The number of thioether (sulfide) groups is 1. The highest BCUT2D eigenvalue weighted by Gasteiger charge is 2.81. The van der Waals surface area contributed by atoms with Crippen molar-refractivity contribution in [2.24, 2.45) is 35.5 Å². The Balaban J connectivity index is 1.91. The molecule has 1 heterocycles. The number of Topliss-reactive ketones (excluding diaryl/α,β-unsaturated/α-hetero) is 1. The van der Waals surface area contributed by atoms with Crippen LogP contribution in [0.4, 0.5) is 0 Å². The molecule has 0 spiro atoms. The molecule has 0 N–H and O–H groups in total. The first-order chi connectivity index (χ1) is 5.88. The van der Waals surface area contributed by atoms with Crippen LogP contribution in [0.15, 0.2) is 0 Å². The van der Waals surface area contributed by atoms with Crippen LogP contribution in [-0.4, -0.2) is 16.3 Å². The molecule has 0 unspecified atom stereocenters. The summed E-state index contributed by atoms with van der Waals surface area (Å²) < 4.78 is 0. The molecule has 12 heavy (non-hydrogen) atoms. The van der Waals surface area contributed by atoms with Gasteiger partial charge in [0.1, 0.15) is 5.78 Å². The maximum Gasteiger partial charge on any atom is 0.141 e. The standard InChI is InChI=1S/C10H10OS/c11-8-6-2-1-3-5-4(2)7(8)10(5)12-9(3)6/h2-7,9-10H,1H2/t2-,3-,4+,5+,6+,7-,9-,10-/m1/s1. The fourth-order valence-electron chi connectivity index (χ4n) is 5.22. The SMILES string of the molecule is O=C1[C@@H]2[C@@H]3C[C@H]4[C@H]2S[C@H]2[C@@H]1[C@@H]3[C@H]42. The van der Waals surface area contributed by atoms with E-state index < -0.39 is 0 Å². The van der Waals surface area contributed by atoms with Gasteiger partial charge in [0.15, 0.2) is 0 Å². The molecule has 4 aliphatic carbocycles. The second kappa shape index (κ2) is 1.31. The van der Waals surface area contributed by atoms with Crippen molar-refractivity contribution >= 4 is 17.5 Å². The van der Waals surface area contributed by atoms with Crippen LogP contribution in [0.25, 0.3) is 0 Å². The molecule has 0 aromatic rings. The molecule has 62 valence electrons. The Morgan fingerprint density at radius 1 is 1.08 bits per heavy atom. The molecule has 8 atom stereocenters. The van der Waals surface area contributed by atoms with Crippen molar-refractivity contribution < 1.29 is 4.79 Å². The number of carbonyl (C=O) groups excluding carboxylic acids is 1. The molecule has 0 aromatic heterocycles. The fourth-order valence-corrected chi connectivity index (χ4v) is 7.63. The Kier molecular flexibility index (Phi) is 0.623. The van der Waals surface area contributed by atoms with Gasteiger partial charge in [0, 0.05) is 22.3 Å². The Morgan fingerprint density at radius 3 is 2.92 bits per heavy atom. The van der Waals surface area contributed by atoms with Crippen molar-refractivity contribution in [2.45, 2.75) is 16.9 Å². The van der Waals surface area contributed by atoms with Crippen molar-refractivity contribution in [1.82, 2.24) is 0 Å². The van der Waals surface area contributed by atoms with Gasteiger partial charge in [-0.25, -0.2) is 0 Å². The first kappa shape index (κ1) is 5.69. The summed E-state index contributed by atoms with van der Waals surface area (Å²) in [5.41, 5.74) is 0. The summed E-state index contributed by atoms with van der Waals surface area (Å²) in [4.78, 5) is 11.9. The Morgan fingerprint density at radius 2 is 2.00 bits per heavy atom. The van der Waals surface area contributed by atoms with E-state index in [1.54, 1.807) is 0 Å². The van der Waals surface area contributed by atoms with Gasteiger partial charge in [-0.15, -0.1) is 0 Å². The molecule has 2 heteroatoms. The van der Waals surface area contributed by atoms with Gasteiger partial charge < -0.3 is 0 Å². The highest BCUT2D eigenvalue weighted by molar-refractivity contribution is 8.01. The van der Waals surface area contributed by atoms with Gasteiger partial charge in [0.25, 0.3) is 0 Å². The lowest BCUT2D eigenvalue weighted by atomic mass is 9.64. The summed E-state index contributed by atoms with van der Waals surface area (Å²) in [6, 6.07) is 0. The van der Waals surface area contributed by atoms with Gasteiger partial charge in [-0.05, 0) is 30.1 Å². The molecule has 5 aliphatic rings. The number of carbonyl (C=O) groups is 1. The molecule has 1 saturated heterocycles. The minimum Gasteiger partial charge on any atom is -0.299 e. The largest absolute Gasteiger partial charge is 0.299 e. The van der Waals surface area contributed by atoms with Crippen LogP contribution in [-0.2, 0) is 4.79 Å². The molecule has 0 amide bonds. The molecule has 0 aromatic carbocycles. The maximum atomic E-state index is 11.9. The summed E-state index contributed by atoms with van der Waals surface area (Å²) in [7, 11) is 0. The highest BCUT2D eigenvalue weighted by Crippen LogP contribution is 2.81. The maximum absolute atomic E-state index is 11.9. The van der Waals surface area contributed by atoms with E-state index in [0.717, 1.165) is 34.2 Å². The first-order valence-electron chi connectivity index (χ1n) is 5.07. The number of ketones is 1. The zero-order valence-corrected chi connectivity index (χ0v) is 7.46. The third kappa shape index (κ3) is 0.301. The lowest BCUT2D eigenvalue weighted by molar-refractivity contribution is -0.126. The zero-order valence-electron chi connectivity index (χ0n) is 6.64. The van der Waals surface area contributed by atoms with E-state index in [1.807, 2.05) is 0 Å². The third-order valence-electron chi connectivity index (χ3n) is 5.33. The highest BCUT2D eigenvalue weighted by atomic mass is 32.2. The number of hydrogen-bond acceptors (Lipinski definition) is 2. The van der Waals surface area contributed by atoms with Crippen molar-refractivity contribution in [1.29, 1.82) is 0 Å². The van der Waals surface area contributed by atoms with Crippen molar-refractivity contribution in [3.8, 4) is 0 Å². The van der Waals surface area contributed by atoms with Crippen LogP contribution < -0.4 is 0 Å². The molecular formula is C10H10OS. The Labute approximate surface area is 75.3 Å².